The number of rotatable bonds is 3. The van der Waals surface area contributed by atoms with Gasteiger partial charge in [-0.2, -0.15) is 0 Å². The van der Waals surface area contributed by atoms with Crippen molar-refractivity contribution in [2.24, 2.45) is 5.92 Å². The SMILES string of the molecule is CC1CC1NCc1cccc2c1N(C(=O)OC(C)(C)C)CCC2. The van der Waals surface area contributed by atoms with Crippen LogP contribution in [0.4, 0.5) is 10.5 Å². The summed E-state index contributed by atoms with van der Waals surface area (Å²) < 4.78 is 5.61. The lowest BCUT2D eigenvalue weighted by Gasteiger charge is -2.33. The third-order valence-electron chi connectivity index (χ3n) is 4.58. The number of hydrogen-bond donors (Lipinski definition) is 1. The number of carbonyl (C=O) groups excluding carboxylic acids is 1. The maximum Gasteiger partial charge on any atom is 0.414 e. The highest BCUT2D eigenvalue weighted by Crippen LogP contribution is 2.34. The molecule has 0 bridgehead atoms. The van der Waals surface area contributed by atoms with Crippen molar-refractivity contribution < 1.29 is 9.53 Å². The Kier molecular flexibility index (Phi) is 4.37. The Bertz CT molecular complexity index is 592. The van der Waals surface area contributed by atoms with E-state index in [2.05, 4.69) is 30.4 Å². The molecule has 4 nitrogen and oxygen atoms in total. The molecule has 1 aromatic carbocycles. The van der Waals surface area contributed by atoms with E-state index < -0.39 is 5.60 Å². The van der Waals surface area contributed by atoms with Gasteiger partial charge in [-0.05, 0) is 57.1 Å². The fraction of sp³-hybridized carbons (Fsp3) is 0.632. The first-order valence-electron chi connectivity index (χ1n) is 8.70. The molecule has 4 heteroatoms. The summed E-state index contributed by atoms with van der Waals surface area (Å²) in [5.74, 6) is 0.775. The number of para-hydroxylation sites is 1. The van der Waals surface area contributed by atoms with Gasteiger partial charge in [-0.25, -0.2) is 4.79 Å². The second kappa shape index (κ2) is 6.16. The van der Waals surface area contributed by atoms with Crippen LogP contribution in [0.2, 0.25) is 0 Å². The van der Waals surface area contributed by atoms with Crippen molar-refractivity contribution in [3.8, 4) is 0 Å². The van der Waals surface area contributed by atoms with Crippen LogP contribution in [-0.4, -0.2) is 24.3 Å². The lowest BCUT2D eigenvalue weighted by molar-refractivity contribution is 0.0577. The molecule has 2 aliphatic rings. The topological polar surface area (TPSA) is 41.6 Å². The molecular formula is C19H28N2O2. The minimum absolute atomic E-state index is 0.231. The molecule has 1 heterocycles. The van der Waals surface area contributed by atoms with Gasteiger partial charge in [-0.1, -0.05) is 25.1 Å². The van der Waals surface area contributed by atoms with E-state index in [9.17, 15) is 4.79 Å². The number of amides is 1. The molecule has 0 radical (unpaired) electrons. The Morgan fingerprint density at radius 3 is 2.78 bits per heavy atom. The molecule has 1 amide bonds. The van der Waals surface area contributed by atoms with Gasteiger partial charge < -0.3 is 10.1 Å². The quantitative estimate of drug-likeness (QED) is 0.920. The molecule has 0 aromatic heterocycles. The molecular weight excluding hydrogens is 288 g/mol. The van der Waals surface area contributed by atoms with Crippen LogP contribution < -0.4 is 10.2 Å². The molecule has 1 aromatic rings. The van der Waals surface area contributed by atoms with Gasteiger partial charge in [-0.3, -0.25) is 4.90 Å². The van der Waals surface area contributed by atoms with E-state index >= 15 is 0 Å². The van der Waals surface area contributed by atoms with E-state index in [1.165, 1.54) is 17.5 Å². The van der Waals surface area contributed by atoms with Crippen molar-refractivity contribution in [1.82, 2.24) is 5.32 Å². The molecule has 1 aliphatic heterocycles. The highest BCUT2D eigenvalue weighted by molar-refractivity contribution is 5.90. The summed E-state index contributed by atoms with van der Waals surface area (Å²) in [6, 6.07) is 6.99. The maximum absolute atomic E-state index is 12.6. The first-order valence-corrected chi connectivity index (χ1v) is 8.70. The van der Waals surface area contributed by atoms with Gasteiger partial charge in [0.25, 0.3) is 0 Å². The van der Waals surface area contributed by atoms with Crippen molar-refractivity contribution in [2.45, 2.75) is 65.1 Å². The molecule has 2 unspecified atom stereocenters. The monoisotopic (exact) mass is 316 g/mol. The van der Waals surface area contributed by atoms with Gasteiger partial charge in [0, 0.05) is 19.1 Å². The third-order valence-corrected chi connectivity index (χ3v) is 4.58. The van der Waals surface area contributed by atoms with Crippen LogP contribution in [0.25, 0.3) is 0 Å². The van der Waals surface area contributed by atoms with Crippen molar-refractivity contribution in [3.63, 3.8) is 0 Å². The normalized spacial score (nSPS) is 23.4. The van der Waals surface area contributed by atoms with Gasteiger partial charge >= 0.3 is 6.09 Å². The zero-order chi connectivity index (χ0) is 16.6. The van der Waals surface area contributed by atoms with E-state index in [1.807, 2.05) is 25.7 Å². The largest absolute Gasteiger partial charge is 0.443 e. The molecule has 1 N–H and O–H groups in total. The summed E-state index contributed by atoms with van der Waals surface area (Å²) in [6.07, 6.45) is 3.04. The van der Waals surface area contributed by atoms with E-state index in [1.54, 1.807) is 0 Å². The Morgan fingerprint density at radius 1 is 1.39 bits per heavy atom. The minimum Gasteiger partial charge on any atom is -0.443 e. The molecule has 3 rings (SSSR count). The van der Waals surface area contributed by atoms with E-state index in [0.717, 1.165) is 37.5 Å². The number of nitrogens with zero attached hydrogens (tertiary/aromatic N) is 1. The zero-order valence-electron chi connectivity index (χ0n) is 14.7. The molecule has 23 heavy (non-hydrogen) atoms. The molecule has 0 saturated heterocycles. The van der Waals surface area contributed by atoms with E-state index in [4.69, 9.17) is 4.74 Å². The highest BCUT2D eigenvalue weighted by Gasteiger charge is 2.33. The van der Waals surface area contributed by atoms with Gasteiger partial charge in [-0.15, -0.1) is 0 Å². The average molecular weight is 316 g/mol. The van der Waals surface area contributed by atoms with Crippen LogP contribution in [0.5, 0.6) is 0 Å². The van der Waals surface area contributed by atoms with Gasteiger partial charge in [0.2, 0.25) is 0 Å². The Hall–Kier alpha value is -1.55. The van der Waals surface area contributed by atoms with E-state index in [-0.39, 0.29) is 6.09 Å². The van der Waals surface area contributed by atoms with Gasteiger partial charge in [0.15, 0.2) is 0 Å². The number of ether oxygens (including phenoxy) is 1. The lowest BCUT2D eigenvalue weighted by atomic mass is 9.98. The Labute approximate surface area is 139 Å². The summed E-state index contributed by atoms with van der Waals surface area (Å²) >= 11 is 0. The number of hydrogen-bond acceptors (Lipinski definition) is 3. The van der Waals surface area contributed by atoms with Crippen molar-refractivity contribution in [2.75, 3.05) is 11.4 Å². The Morgan fingerprint density at radius 2 is 2.13 bits per heavy atom. The number of benzene rings is 1. The number of anilines is 1. The van der Waals surface area contributed by atoms with Gasteiger partial charge in [0.1, 0.15) is 5.60 Å². The highest BCUT2D eigenvalue weighted by atomic mass is 16.6. The summed E-state index contributed by atoms with van der Waals surface area (Å²) in [4.78, 5) is 14.4. The molecule has 2 atom stereocenters. The lowest BCUT2D eigenvalue weighted by Crippen LogP contribution is -2.40. The molecule has 126 valence electrons. The number of aryl methyl sites for hydroxylation is 1. The number of fused-ring (bicyclic) bond motifs is 1. The summed E-state index contributed by atoms with van der Waals surface area (Å²) in [6.45, 7) is 9.56. The summed E-state index contributed by atoms with van der Waals surface area (Å²) in [5.41, 5.74) is 3.05. The number of carbonyl (C=O) groups is 1. The summed E-state index contributed by atoms with van der Waals surface area (Å²) in [5, 5.41) is 3.60. The maximum atomic E-state index is 12.6. The van der Waals surface area contributed by atoms with Crippen LogP contribution in [0.1, 0.15) is 51.7 Å². The average Bonchev–Trinajstić information content (AvgIpc) is 3.18. The van der Waals surface area contributed by atoms with Crippen molar-refractivity contribution in [3.05, 3.63) is 29.3 Å². The summed E-state index contributed by atoms with van der Waals surface area (Å²) in [7, 11) is 0. The van der Waals surface area contributed by atoms with Crippen LogP contribution in [0, 0.1) is 5.92 Å². The second-order valence-electron chi connectivity index (χ2n) is 7.86. The third kappa shape index (κ3) is 3.86. The van der Waals surface area contributed by atoms with Crippen LogP contribution in [-0.2, 0) is 17.7 Å². The molecule has 1 saturated carbocycles. The second-order valence-corrected chi connectivity index (χ2v) is 7.86. The first-order chi connectivity index (χ1) is 10.8. The van der Waals surface area contributed by atoms with Gasteiger partial charge in [0.05, 0.1) is 5.69 Å². The first kappa shape index (κ1) is 16.3. The predicted octanol–water partition coefficient (Wildman–Crippen LogP) is 3.87. The van der Waals surface area contributed by atoms with Crippen LogP contribution in [0.15, 0.2) is 18.2 Å². The van der Waals surface area contributed by atoms with Crippen LogP contribution >= 0.6 is 0 Å². The predicted molar refractivity (Wildman–Crippen MR) is 92.8 cm³/mol. The molecule has 1 aliphatic carbocycles. The van der Waals surface area contributed by atoms with Crippen molar-refractivity contribution >= 4 is 11.8 Å². The molecule has 1 fully saturated rings. The van der Waals surface area contributed by atoms with E-state index in [0.29, 0.717) is 6.04 Å². The number of nitrogens with one attached hydrogen (secondary N) is 1. The van der Waals surface area contributed by atoms with Crippen LogP contribution in [0.3, 0.4) is 0 Å². The fourth-order valence-corrected chi connectivity index (χ4v) is 3.22. The fourth-order valence-electron chi connectivity index (χ4n) is 3.22. The Balaban J connectivity index is 1.82. The zero-order valence-corrected chi connectivity index (χ0v) is 14.7. The minimum atomic E-state index is -0.467. The standard InChI is InChI=1S/C19H28N2O2/c1-13-11-16(13)20-12-15-8-5-7-14-9-6-10-21(17(14)15)18(22)23-19(2,3)4/h5,7-8,13,16,20H,6,9-12H2,1-4H3. The smallest absolute Gasteiger partial charge is 0.414 e. The molecule has 0 spiro atoms. The van der Waals surface area contributed by atoms with Crippen molar-refractivity contribution in [1.29, 1.82) is 0 Å².